The first-order valence-electron chi connectivity index (χ1n) is 12.9. The predicted octanol–water partition coefficient (Wildman–Crippen LogP) is 1.96. The van der Waals surface area contributed by atoms with Gasteiger partial charge in [0.05, 0.1) is 119 Å². The first-order valence-corrected chi connectivity index (χ1v) is 12.9. The lowest BCUT2D eigenvalue weighted by Crippen LogP contribution is -2.22. The summed E-state index contributed by atoms with van der Waals surface area (Å²) in [6, 6.07) is 8.11. The Morgan fingerprint density at radius 1 is 0.361 bits per heavy atom. The van der Waals surface area contributed by atoms with Crippen molar-refractivity contribution in [2.45, 2.75) is 12.2 Å². The number of hydrogen-bond donors (Lipinski definition) is 0. The minimum Gasteiger partial charge on any atom is -0.377 e. The third-order valence-electron chi connectivity index (χ3n) is 5.55. The van der Waals surface area contributed by atoms with Crippen LogP contribution in [-0.2, 0) is 47.4 Å². The van der Waals surface area contributed by atoms with Crippen molar-refractivity contribution in [1.82, 2.24) is 0 Å². The molecule has 2 unspecified atom stereocenters. The zero-order valence-corrected chi connectivity index (χ0v) is 21.3. The fourth-order valence-corrected chi connectivity index (χ4v) is 3.75. The Labute approximate surface area is 214 Å². The Morgan fingerprint density at radius 3 is 0.972 bits per heavy atom. The van der Waals surface area contributed by atoms with E-state index in [2.05, 4.69) is 12.1 Å². The first kappa shape index (κ1) is 29.4. The van der Waals surface area contributed by atoms with E-state index in [1.165, 1.54) is 0 Å². The summed E-state index contributed by atoms with van der Waals surface area (Å²) in [6.07, 6.45) is -0.578. The predicted molar refractivity (Wildman–Crippen MR) is 130 cm³/mol. The SMILES string of the molecule is c1ccc(C2COCCOCCOCCOCCO2)c(C2COCCOCCOCCOCCO2)c1. The Morgan fingerprint density at radius 2 is 0.639 bits per heavy atom. The van der Waals surface area contributed by atoms with Crippen LogP contribution in [0.2, 0.25) is 0 Å². The molecule has 206 valence electrons. The van der Waals surface area contributed by atoms with E-state index in [9.17, 15) is 0 Å². The number of ether oxygens (including phenoxy) is 10. The van der Waals surface area contributed by atoms with Crippen molar-refractivity contribution >= 4 is 0 Å². The van der Waals surface area contributed by atoms with Crippen LogP contribution in [0.5, 0.6) is 0 Å². The van der Waals surface area contributed by atoms with E-state index in [4.69, 9.17) is 47.4 Å². The molecule has 0 spiro atoms. The first-order chi connectivity index (χ1) is 17.9. The third kappa shape index (κ3) is 12.4. The van der Waals surface area contributed by atoms with Gasteiger partial charge in [-0.15, -0.1) is 0 Å². The van der Waals surface area contributed by atoms with Gasteiger partial charge in [0.2, 0.25) is 0 Å². The van der Waals surface area contributed by atoms with Crippen molar-refractivity contribution < 1.29 is 47.4 Å². The Kier molecular flexibility index (Phi) is 16.2. The monoisotopic (exact) mass is 514 g/mol. The van der Waals surface area contributed by atoms with Gasteiger partial charge in [0.1, 0.15) is 12.2 Å². The van der Waals surface area contributed by atoms with Crippen LogP contribution in [0.3, 0.4) is 0 Å². The molecule has 0 aromatic heterocycles. The smallest absolute Gasteiger partial charge is 0.106 e. The van der Waals surface area contributed by atoms with Gasteiger partial charge in [-0.25, -0.2) is 0 Å². The van der Waals surface area contributed by atoms with Gasteiger partial charge in [-0.1, -0.05) is 24.3 Å². The van der Waals surface area contributed by atoms with Crippen LogP contribution < -0.4 is 0 Å². The summed E-state index contributed by atoms with van der Waals surface area (Å²) in [5.74, 6) is 0. The Hall–Kier alpha value is -1.18. The van der Waals surface area contributed by atoms with Crippen molar-refractivity contribution in [3.8, 4) is 0 Å². The lowest BCUT2D eigenvalue weighted by atomic mass is 9.98. The van der Waals surface area contributed by atoms with Crippen molar-refractivity contribution in [2.24, 2.45) is 0 Å². The maximum atomic E-state index is 6.23. The molecule has 0 amide bonds. The van der Waals surface area contributed by atoms with Crippen LogP contribution in [-0.4, -0.2) is 119 Å². The van der Waals surface area contributed by atoms with E-state index < -0.39 is 0 Å². The lowest BCUT2D eigenvalue weighted by Gasteiger charge is -2.26. The zero-order chi connectivity index (χ0) is 24.9. The van der Waals surface area contributed by atoms with Crippen LogP contribution in [0.1, 0.15) is 23.3 Å². The van der Waals surface area contributed by atoms with Crippen LogP contribution >= 0.6 is 0 Å². The minimum atomic E-state index is -0.289. The summed E-state index contributed by atoms with van der Waals surface area (Å²) in [5.41, 5.74) is 2.01. The summed E-state index contributed by atoms with van der Waals surface area (Å²) in [4.78, 5) is 0. The minimum absolute atomic E-state index is 0.289. The molecule has 2 aliphatic heterocycles. The van der Waals surface area contributed by atoms with Gasteiger partial charge in [-0.3, -0.25) is 0 Å². The molecule has 1 aromatic carbocycles. The summed E-state index contributed by atoms with van der Waals surface area (Å²) in [7, 11) is 0. The fourth-order valence-electron chi connectivity index (χ4n) is 3.75. The van der Waals surface area contributed by atoms with E-state index in [1.54, 1.807) is 0 Å². The lowest BCUT2D eigenvalue weighted by molar-refractivity contribution is -0.0574. The van der Waals surface area contributed by atoms with Gasteiger partial charge < -0.3 is 47.4 Å². The van der Waals surface area contributed by atoms with Crippen molar-refractivity contribution in [1.29, 1.82) is 0 Å². The topological polar surface area (TPSA) is 92.3 Å². The molecule has 2 fully saturated rings. The van der Waals surface area contributed by atoms with Crippen molar-refractivity contribution in [2.75, 3.05) is 119 Å². The molecular formula is C26H42O10. The summed E-state index contributed by atoms with van der Waals surface area (Å²) in [6.45, 7) is 8.83. The van der Waals surface area contributed by atoms with Crippen LogP contribution in [0, 0.1) is 0 Å². The molecule has 0 saturated carbocycles. The van der Waals surface area contributed by atoms with Gasteiger partial charge in [0.15, 0.2) is 0 Å². The maximum absolute atomic E-state index is 6.23. The Bertz CT molecular complexity index is 574. The molecular weight excluding hydrogens is 472 g/mol. The molecule has 0 N–H and O–H groups in total. The van der Waals surface area contributed by atoms with E-state index >= 15 is 0 Å². The third-order valence-corrected chi connectivity index (χ3v) is 5.55. The Balaban J connectivity index is 1.66. The highest BCUT2D eigenvalue weighted by Gasteiger charge is 2.23. The molecule has 3 rings (SSSR count). The van der Waals surface area contributed by atoms with E-state index in [0.29, 0.717) is 119 Å². The molecule has 2 aliphatic rings. The summed E-state index contributed by atoms with van der Waals surface area (Å²) >= 11 is 0. The average Bonchev–Trinajstić information content (AvgIpc) is 2.92. The van der Waals surface area contributed by atoms with Crippen molar-refractivity contribution in [3.63, 3.8) is 0 Å². The van der Waals surface area contributed by atoms with Crippen molar-refractivity contribution in [3.05, 3.63) is 35.4 Å². The molecule has 2 heterocycles. The summed E-state index contributed by atoms with van der Waals surface area (Å²) in [5, 5.41) is 0. The molecule has 0 bridgehead atoms. The number of benzene rings is 1. The van der Waals surface area contributed by atoms with E-state index in [0.717, 1.165) is 11.1 Å². The van der Waals surface area contributed by atoms with Crippen LogP contribution in [0.25, 0.3) is 0 Å². The number of rotatable bonds is 2. The normalized spacial score (nSPS) is 26.6. The largest absolute Gasteiger partial charge is 0.377 e. The second-order valence-corrected chi connectivity index (χ2v) is 8.17. The molecule has 2 saturated heterocycles. The molecule has 0 aliphatic carbocycles. The fraction of sp³-hybridized carbons (Fsp3) is 0.769. The molecule has 10 nitrogen and oxygen atoms in total. The van der Waals surface area contributed by atoms with Gasteiger partial charge >= 0.3 is 0 Å². The quantitative estimate of drug-likeness (QED) is 0.583. The van der Waals surface area contributed by atoms with Gasteiger partial charge in [-0.05, 0) is 11.1 Å². The summed E-state index contributed by atoms with van der Waals surface area (Å²) < 4.78 is 57.6. The maximum Gasteiger partial charge on any atom is 0.106 e. The van der Waals surface area contributed by atoms with Gasteiger partial charge in [0.25, 0.3) is 0 Å². The second kappa shape index (κ2) is 19.9. The molecule has 10 heteroatoms. The van der Waals surface area contributed by atoms with Crippen LogP contribution in [0.4, 0.5) is 0 Å². The number of hydrogen-bond acceptors (Lipinski definition) is 10. The second-order valence-electron chi connectivity index (χ2n) is 8.17. The highest BCUT2D eigenvalue weighted by Crippen LogP contribution is 2.29. The molecule has 36 heavy (non-hydrogen) atoms. The van der Waals surface area contributed by atoms with E-state index in [1.807, 2.05) is 12.1 Å². The zero-order valence-electron chi connectivity index (χ0n) is 21.3. The molecule has 2 atom stereocenters. The average molecular weight is 515 g/mol. The molecule has 1 aromatic rings. The van der Waals surface area contributed by atoms with Crippen LogP contribution in [0.15, 0.2) is 24.3 Å². The van der Waals surface area contributed by atoms with Gasteiger partial charge in [0, 0.05) is 0 Å². The highest BCUT2D eigenvalue weighted by atomic mass is 16.6. The highest BCUT2D eigenvalue weighted by molar-refractivity contribution is 5.31. The van der Waals surface area contributed by atoms with Gasteiger partial charge in [-0.2, -0.15) is 0 Å². The standard InChI is InChI=1S/C26H42O10/c1-2-4-24(26-22-34-16-14-30-8-6-28-10-12-32-18-20-36-26)23(3-1)25-21-33-15-13-29-7-5-27-9-11-31-17-19-35-25/h1-4,25-26H,5-22H2. The van der Waals surface area contributed by atoms with E-state index in [-0.39, 0.29) is 12.2 Å². The molecule has 0 radical (unpaired) electrons.